The highest BCUT2D eigenvalue weighted by molar-refractivity contribution is 5.88. The molecule has 92 valence electrons. The Morgan fingerprint density at radius 3 is 2.78 bits per heavy atom. The summed E-state index contributed by atoms with van der Waals surface area (Å²) in [5, 5.41) is 20.1. The third kappa shape index (κ3) is 2.99. The molecule has 0 aliphatic heterocycles. The van der Waals surface area contributed by atoms with Gasteiger partial charge in [-0.1, -0.05) is 36.4 Å². The summed E-state index contributed by atoms with van der Waals surface area (Å²) in [5.74, 6) is 0.817. The van der Waals surface area contributed by atoms with E-state index < -0.39 is 6.10 Å². The summed E-state index contributed by atoms with van der Waals surface area (Å²) in [4.78, 5) is 0. The summed E-state index contributed by atoms with van der Waals surface area (Å²) in [7, 11) is 0. The van der Waals surface area contributed by atoms with Crippen LogP contribution in [0.5, 0.6) is 5.75 Å². The average molecular weight is 241 g/mol. The van der Waals surface area contributed by atoms with Crippen molar-refractivity contribution in [1.29, 1.82) is 5.26 Å². The van der Waals surface area contributed by atoms with E-state index in [1.165, 1.54) is 0 Å². The Kier molecular flexibility index (Phi) is 4.16. The first kappa shape index (κ1) is 12.4. The number of rotatable bonds is 5. The van der Waals surface area contributed by atoms with E-state index in [0.717, 1.165) is 16.5 Å². The number of hydrogen-bond donors (Lipinski definition) is 1. The maximum Gasteiger partial charge on any atom is 0.127 e. The molecule has 18 heavy (non-hydrogen) atoms. The van der Waals surface area contributed by atoms with Gasteiger partial charge in [0.1, 0.15) is 5.75 Å². The number of nitriles is 1. The van der Waals surface area contributed by atoms with Crippen LogP contribution in [0, 0.1) is 11.3 Å². The number of hydrogen-bond acceptors (Lipinski definition) is 3. The fourth-order valence-electron chi connectivity index (χ4n) is 1.83. The molecule has 1 N–H and O–H groups in total. The highest BCUT2D eigenvalue weighted by atomic mass is 16.5. The predicted octanol–water partition coefficient (Wildman–Crippen LogP) is 2.88. The molecule has 0 spiro atoms. The Labute approximate surface area is 106 Å². The van der Waals surface area contributed by atoms with Gasteiger partial charge in [-0.05, 0) is 11.5 Å². The van der Waals surface area contributed by atoms with Gasteiger partial charge in [-0.25, -0.2) is 0 Å². The Hall–Kier alpha value is -2.05. The van der Waals surface area contributed by atoms with Crippen LogP contribution in [0.4, 0.5) is 0 Å². The van der Waals surface area contributed by atoms with Gasteiger partial charge in [-0.3, -0.25) is 0 Å². The molecule has 0 aromatic heterocycles. The molecular weight excluding hydrogens is 226 g/mol. The SMILES string of the molecule is N#CCC(O)CCOc1cccc2ccccc12. The molecule has 3 nitrogen and oxygen atoms in total. The molecule has 0 bridgehead atoms. The van der Waals surface area contributed by atoms with E-state index in [1.54, 1.807) is 0 Å². The van der Waals surface area contributed by atoms with Crippen molar-refractivity contribution in [3.8, 4) is 11.8 Å². The van der Waals surface area contributed by atoms with Gasteiger partial charge in [0.25, 0.3) is 0 Å². The second-order valence-electron chi connectivity index (χ2n) is 4.13. The van der Waals surface area contributed by atoms with Crippen LogP contribution in [-0.2, 0) is 0 Å². The third-order valence-corrected chi connectivity index (χ3v) is 2.79. The molecule has 0 aliphatic carbocycles. The second-order valence-corrected chi connectivity index (χ2v) is 4.13. The highest BCUT2D eigenvalue weighted by Crippen LogP contribution is 2.25. The zero-order chi connectivity index (χ0) is 12.8. The Morgan fingerprint density at radius 2 is 1.94 bits per heavy atom. The van der Waals surface area contributed by atoms with Gasteiger partial charge in [0.05, 0.1) is 25.2 Å². The minimum Gasteiger partial charge on any atom is -0.493 e. The molecule has 0 saturated heterocycles. The van der Waals surface area contributed by atoms with E-state index in [2.05, 4.69) is 0 Å². The molecule has 0 amide bonds. The van der Waals surface area contributed by atoms with E-state index >= 15 is 0 Å². The predicted molar refractivity (Wildman–Crippen MR) is 70.3 cm³/mol. The van der Waals surface area contributed by atoms with Gasteiger partial charge in [0, 0.05) is 11.8 Å². The van der Waals surface area contributed by atoms with Crippen molar-refractivity contribution in [2.45, 2.75) is 18.9 Å². The summed E-state index contributed by atoms with van der Waals surface area (Å²) in [6.45, 7) is 0.414. The van der Waals surface area contributed by atoms with Crippen molar-refractivity contribution in [2.75, 3.05) is 6.61 Å². The van der Waals surface area contributed by atoms with Crippen LogP contribution in [0.25, 0.3) is 10.8 Å². The van der Waals surface area contributed by atoms with Crippen LogP contribution < -0.4 is 4.74 Å². The van der Waals surface area contributed by atoms with Gasteiger partial charge < -0.3 is 9.84 Å². The highest BCUT2D eigenvalue weighted by Gasteiger charge is 2.05. The average Bonchev–Trinajstić information content (AvgIpc) is 2.39. The summed E-state index contributed by atoms with van der Waals surface area (Å²) in [6.07, 6.45) is 0.0142. The number of nitrogens with zero attached hydrogens (tertiary/aromatic N) is 1. The lowest BCUT2D eigenvalue weighted by Crippen LogP contribution is -2.11. The minimum absolute atomic E-state index is 0.152. The van der Waals surface area contributed by atoms with Crippen LogP contribution in [0.1, 0.15) is 12.8 Å². The zero-order valence-electron chi connectivity index (χ0n) is 10.0. The van der Waals surface area contributed by atoms with Gasteiger partial charge in [-0.15, -0.1) is 0 Å². The maximum absolute atomic E-state index is 9.44. The van der Waals surface area contributed by atoms with Crippen LogP contribution in [0.3, 0.4) is 0 Å². The van der Waals surface area contributed by atoms with Crippen molar-refractivity contribution in [3.05, 3.63) is 42.5 Å². The van der Waals surface area contributed by atoms with Crippen LogP contribution in [-0.4, -0.2) is 17.8 Å². The number of aliphatic hydroxyl groups is 1. The molecule has 1 atom stereocenters. The molecule has 0 heterocycles. The van der Waals surface area contributed by atoms with Crippen LogP contribution >= 0.6 is 0 Å². The van der Waals surface area contributed by atoms with E-state index in [-0.39, 0.29) is 6.42 Å². The lowest BCUT2D eigenvalue weighted by molar-refractivity contribution is 0.143. The van der Waals surface area contributed by atoms with Crippen molar-refractivity contribution in [2.24, 2.45) is 0 Å². The summed E-state index contributed by atoms with van der Waals surface area (Å²) in [6, 6.07) is 15.8. The first-order valence-electron chi connectivity index (χ1n) is 5.97. The van der Waals surface area contributed by atoms with Crippen molar-refractivity contribution in [3.63, 3.8) is 0 Å². The number of aliphatic hydroxyl groups excluding tert-OH is 1. The van der Waals surface area contributed by atoms with E-state index in [1.807, 2.05) is 48.5 Å². The molecule has 2 aromatic carbocycles. The fourth-order valence-corrected chi connectivity index (χ4v) is 1.83. The number of fused-ring (bicyclic) bond motifs is 1. The summed E-state index contributed by atoms with van der Waals surface area (Å²) >= 11 is 0. The molecule has 2 aromatic rings. The minimum atomic E-state index is -0.607. The fraction of sp³-hybridized carbons (Fsp3) is 0.267. The van der Waals surface area contributed by atoms with E-state index in [0.29, 0.717) is 13.0 Å². The van der Waals surface area contributed by atoms with E-state index in [9.17, 15) is 5.11 Å². The van der Waals surface area contributed by atoms with Crippen LogP contribution in [0.15, 0.2) is 42.5 Å². The summed E-state index contributed by atoms with van der Waals surface area (Å²) < 4.78 is 5.67. The lowest BCUT2D eigenvalue weighted by Gasteiger charge is -2.10. The zero-order valence-corrected chi connectivity index (χ0v) is 10.0. The molecule has 0 radical (unpaired) electrons. The van der Waals surface area contributed by atoms with Gasteiger partial charge in [0.2, 0.25) is 0 Å². The first-order valence-corrected chi connectivity index (χ1v) is 5.97. The smallest absolute Gasteiger partial charge is 0.127 e. The van der Waals surface area contributed by atoms with Gasteiger partial charge in [0.15, 0.2) is 0 Å². The first-order chi connectivity index (χ1) is 8.81. The number of benzene rings is 2. The number of ether oxygens (including phenoxy) is 1. The lowest BCUT2D eigenvalue weighted by atomic mass is 10.1. The van der Waals surface area contributed by atoms with Crippen molar-refractivity contribution >= 4 is 10.8 Å². The quantitative estimate of drug-likeness (QED) is 0.875. The molecule has 0 aliphatic rings. The standard InChI is InChI=1S/C15H15NO2/c16-10-8-13(17)9-11-18-15-7-3-5-12-4-1-2-6-14(12)15/h1-7,13,17H,8-9,11H2. The second kappa shape index (κ2) is 6.04. The normalized spacial score (nSPS) is 12.0. The monoisotopic (exact) mass is 241 g/mol. The summed E-state index contributed by atoms with van der Waals surface area (Å²) in [5.41, 5.74) is 0. The Bertz CT molecular complexity index is 554. The van der Waals surface area contributed by atoms with Crippen molar-refractivity contribution < 1.29 is 9.84 Å². The largest absolute Gasteiger partial charge is 0.493 e. The van der Waals surface area contributed by atoms with Gasteiger partial charge in [-0.2, -0.15) is 5.26 Å². The van der Waals surface area contributed by atoms with E-state index in [4.69, 9.17) is 10.00 Å². The molecule has 1 unspecified atom stereocenters. The molecule has 2 rings (SSSR count). The van der Waals surface area contributed by atoms with Crippen LogP contribution in [0.2, 0.25) is 0 Å². The van der Waals surface area contributed by atoms with Gasteiger partial charge >= 0.3 is 0 Å². The Morgan fingerprint density at radius 1 is 1.17 bits per heavy atom. The molecule has 0 fully saturated rings. The Balaban J connectivity index is 2.02. The topological polar surface area (TPSA) is 53.2 Å². The molecule has 3 heteroatoms. The molecule has 0 saturated carbocycles. The maximum atomic E-state index is 9.44. The molecular formula is C15H15NO2. The third-order valence-electron chi connectivity index (χ3n) is 2.79. The van der Waals surface area contributed by atoms with Crippen molar-refractivity contribution in [1.82, 2.24) is 0 Å².